The molecule has 0 spiro atoms. The quantitative estimate of drug-likeness (QED) is 0.575. The Kier molecular flexibility index (Phi) is 7.45. The van der Waals surface area contributed by atoms with E-state index in [9.17, 15) is 9.59 Å². The van der Waals surface area contributed by atoms with Gasteiger partial charge in [0.15, 0.2) is 0 Å². The molecule has 0 saturated heterocycles. The summed E-state index contributed by atoms with van der Waals surface area (Å²) in [7, 11) is 3.12. The highest BCUT2D eigenvalue weighted by molar-refractivity contribution is 8.76. The van der Waals surface area contributed by atoms with Crippen LogP contribution in [-0.2, 0) is 9.53 Å². The van der Waals surface area contributed by atoms with Crippen molar-refractivity contribution >= 4 is 33.7 Å². The predicted octanol–water partition coefficient (Wildman–Crippen LogP) is 2.37. The molecular weight excluding hydrogens is 262 g/mol. The molecule has 5 nitrogen and oxygen atoms in total. The highest BCUT2D eigenvalue weighted by atomic mass is 33.1. The van der Waals surface area contributed by atoms with Gasteiger partial charge in [-0.2, -0.15) is 0 Å². The van der Waals surface area contributed by atoms with E-state index in [4.69, 9.17) is 9.84 Å². The number of carbonyl (C=O) groups excluding carboxylic acids is 1. The first-order valence-corrected chi connectivity index (χ1v) is 7.87. The first-order valence-electron chi connectivity index (χ1n) is 5.14. The van der Waals surface area contributed by atoms with Gasteiger partial charge in [-0.3, -0.25) is 0 Å². The van der Waals surface area contributed by atoms with Crippen LogP contribution in [0.4, 0.5) is 4.79 Å². The summed E-state index contributed by atoms with van der Waals surface area (Å²) in [5.41, 5.74) is -0.624. The van der Waals surface area contributed by atoms with Gasteiger partial charge in [0.2, 0.25) is 0 Å². The Hall–Kier alpha value is -0.560. The number of rotatable bonds is 6. The lowest BCUT2D eigenvalue weighted by Gasteiger charge is -2.21. The average Bonchev–Trinajstić information content (AvgIpc) is 2.13. The summed E-state index contributed by atoms with van der Waals surface area (Å²) in [6.07, 6.45) is 1.60. The lowest BCUT2D eigenvalue weighted by molar-refractivity contribution is -0.139. The molecule has 0 bridgehead atoms. The van der Waals surface area contributed by atoms with Crippen LogP contribution in [0.1, 0.15) is 27.2 Å². The van der Waals surface area contributed by atoms with E-state index in [1.165, 1.54) is 0 Å². The van der Waals surface area contributed by atoms with Crippen molar-refractivity contribution in [2.45, 2.75) is 38.8 Å². The smallest absolute Gasteiger partial charge is 0.408 e. The number of nitrogens with one attached hydrogen (secondary N) is 1. The van der Waals surface area contributed by atoms with Gasteiger partial charge < -0.3 is 15.2 Å². The molecule has 0 aromatic heterocycles. The highest BCUT2D eigenvalue weighted by Gasteiger charge is 2.23. The van der Waals surface area contributed by atoms with Crippen molar-refractivity contribution in [1.29, 1.82) is 0 Å². The summed E-state index contributed by atoms with van der Waals surface area (Å²) in [6.45, 7) is 5.18. The number of carboxylic acid groups (broad SMARTS) is 1. The van der Waals surface area contributed by atoms with Gasteiger partial charge in [0, 0.05) is 5.75 Å². The Morgan fingerprint density at radius 2 is 2.00 bits per heavy atom. The van der Waals surface area contributed by atoms with Crippen molar-refractivity contribution in [3.8, 4) is 0 Å². The molecule has 0 aliphatic heterocycles. The van der Waals surface area contributed by atoms with E-state index < -0.39 is 23.7 Å². The van der Waals surface area contributed by atoms with E-state index in [2.05, 4.69) is 5.32 Å². The molecule has 0 saturated carbocycles. The number of aliphatic carboxylic acids is 1. The van der Waals surface area contributed by atoms with Crippen LogP contribution in [0.15, 0.2) is 0 Å². The van der Waals surface area contributed by atoms with Crippen LogP contribution >= 0.6 is 21.6 Å². The van der Waals surface area contributed by atoms with Crippen LogP contribution in [0.25, 0.3) is 0 Å². The predicted molar refractivity (Wildman–Crippen MR) is 71.4 cm³/mol. The zero-order valence-electron chi connectivity index (χ0n) is 10.5. The Morgan fingerprint density at radius 1 is 1.41 bits per heavy atom. The van der Waals surface area contributed by atoms with Crippen molar-refractivity contribution in [1.82, 2.24) is 5.32 Å². The number of amides is 1. The lowest BCUT2D eigenvalue weighted by Crippen LogP contribution is -2.43. The first-order chi connectivity index (χ1) is 7.76. The van der Waals surface area contributed by atoms with E-state index >= 15 is 0 Å². The largest absolute Gasteiger partial charge is 0.480 e. The Morgan fingerprint density at radius 3 is 2.41 bits per heavy atom. The SMILES string of the molecule is CSSCCC(NC(=O)OC(C)(C)C)C(=O)O. The van der Waals surface area contributed by atoms with Gasteiger partial charge >= 0.3 is 12.1 Å². The fourth-order valence-electron chi connectivity index (χ4n) is 0.956. The molecule has 0 radical (unpaired) electrons. The number of carbonyl (C=O) groups is 2. The molecule has 2 N–H and O–H groups in total. The minimum Gasteiger partial charge on any atom is -0.480 e. The van der Waals surface area contributed by atoms with Crippen molar-refractivity contribution < 1.29 is 19.4 Å². The Bertz CT molecular complexity index is 266. The molecule has 0 fully saturated rings. The third-order valence-electron chi connectivity index (χ3n) is 1.60. The molecule has 100 valence electrons. The minimum absolute atomic E-state index is 0.375. The molecule has 1 atom stereocenters. The van der Waals surface area contributed by atoms with Gasteiger partial charge in [0.05, 0.1) is 0 Å². The van der Waals surface area contributed by atoms with Gasteiger partial charge in [0.1, 0.15) is 11.6 Å². The molecule has 0 aliphatic carbocycles. The standard InChI is InChI=1S/C10H19NO4S2/c1-10(2,3)15-9(14)11-7(8(12)13)5-6-17-16-4/h7H,5-6H2,1-4H3,(H,11,14)(H,12,13). The lowest BCUT2D eigenvalue weighted by atomic mass is 10.2. The highest BCUT2D eigenvalue weighted by Crippen LogP contribution is 2.18. The summed E-state index contributed by atoms with van der Waals surface area (Å²) in [5, 5.41) is 11.3. The Balaban J connectivity index is 4.16. The third kappa shape index (κ3) is 9.17. The van der Waals surface area contributed by atoms with Crippen LogP contribution in [0.2, 0.25) is 0 Å². The van der Waals surface area contributed by atoms with Gasteiger partial charge in [-0.25, -0.2) is 9.59 Å². The van der Waals surface area contributed by atoms with E-state index in [0.29, 0.717) is 12.2 Å². The summed E-state index contributed by atoms with van der Waals surface area (Å²) in [5.74, 6) is -0.383. The zero-order chi connectivity index (χ0) is 13.5. The third-order valence-corrected chi connectivity index (χ3v) is 3.44. The Labute approximate surface area is 109 Å². The second kappa shape index (κ2) is 7.71. The van der Waals surface area contributed by atoms with E-state index in [1.54, 1.807) is 42.4 Å². The second-order valence-electron chi connectivity index (χ2n) is 4.31. The van der Waals surface area contributed by atoms with Crippen LogP contribution < -0.4 is 5.32 Å². The molecule has 0 heterocycles. The van der Waals surface area contributed by atoms with Crippen molar-refractivity contribution in [3.63, 3.8) is 0 Å². The molecule has 0 aromatic carbocycles. The van der Waals surface area contributed by atoms with Crippen LogP contribution in [0.3, 0.4) is 0 Å². The summed E-state index contributed by atoms with van der Waals surface area (Å²) in [4.78, 5) is 22.3. The molecule has 7 heteroatoms. The molecule has 17 heavy (non-hydrogen) atoms. The normalized spacial score (nSPS) is 12.9. The van der Waals surface area contributed by atoms with Gasteiger partial charge in [0.25, 0.3) is 0 Å². The van der Waals surface area contributed by atoms with Crippen molar-refractivity contribution in [2.75, 3.05) is 12.0 Å². The maximum absolute atomic E-state index is 11.4. The van der Waals surface area contributed by atoms with Gasteiger partial charge in [-0.1, -0.05) is 21.6 Å². The maximum atomic E-state index is 11.4. The minimum atomic E-state index is -1.04. The number of hydrogen-bond donors (Lipinski definition) is 2. The fraction of sp³-hybridized carbons (Fsp3) is 0.800. The summed E-state index contributed by atoms with van der Waals surface area (Å²) >= 11 is 0. The molecule has 1 amide bonds. The van der Waals surface area contributed by atoms with Crippen LogP contribution in [-0.4, -0.2) is 40.8 Å². The van der Waals surface area contributed by atoms with Crippen molar-refractivity contribution in [3.05, 3.63) is 0 Å². The number of hydrogen-bond acceptors (Lipinski definition) is 5. The molecule has 0 aromatic rings. The van der Waals surface area contributed by atoms with Gasteiger partial charge in [-0.05, 0) is 33.4 Å². The second-order valence-corrected chi connectivity index (χ2v) is 7.00. The molecule has 1 unspecified atom stereocenters. The summed E-state index contributed by atoms with van der Waals surface area (Å²) in [6, 6.07) is -0.899. The maximum Gasteiger partial charge on any atom is 0.408 e. The number of ether oxygens (including phenoxy) is 1. The first kappa shape index (κ1) is 16.4. The van der Waals surface area contributed by atoms with Crippen molar-refractivity contribution in [2.24, 2.45) is 0 Å². The molecule has 0 aliphatic rings. The van der Waals surface area contributed by atoms with Crippen LogP contribution in [0, 0.1) is 0 Å². The number of carboxylic acids is 1. The molecule has 0 rings (SSSR count). The fourth-order valence-corrected chi connectivity index (χ4v) is 2.24. The zero-order valence-corrected chi connectivity index (χ0v) is 12.1. The van der Waals surface area contributed by atoms with Crippen LogP contribution in [0.5, 0.6) is 0 Å². The number of alkyl carbamates (subject to hydrolysis) is 1. The monoisotopic (exact) mass is 281 g/mol. The van der Waals surface area contributed by atoms with Gasteiger partial charge in [-0.15, -0.1) is 0 Å². The summed E-state index contributed by atoms with van der Waals surface area (Å²) < 4.78 is 5.00. The average molecular weight is 281 g/mol. The molecular formula is C10H19NO4S2. The van der Waals surface area contributed by atoms with E-state index in [0.717, 1.165) is 0 Å². The topological polar surface area (TPSA) is 75.6 Å². The van der Waals surface area contributed by atoms with E-state index in [1.807, 2.05) is 6.26 Å². The van der Waals surface area contributed by atoms with E-state index in [-0.39, 0.29) is 0 Å².